The zero-order valence-corrected chi connectivity index (χ0v) is 15.7. The highest BCUT2D eigenvalue weighted by atomic mass is 16.5. The summed E-state index contributed by atoms with van der Waals surface area (Å²) in [6.45, 7) is 4.92. The molecule has 3 amide bonds. The van der Waals surface area contributed by atoms with E-state index in [1.165, 1.54) is 0 Å². The molecule has 1 aromatic rings. The largest absolute Gasteiger partial charge is 0.497 e. The summed E-state index contributed by atoms with van der Waals surface area (Å²) in [6, 6.07) is 5.19. The molecule has 26 heavy (non-hydrogen) atoms. The van der Waals surface area contributed by atoms with Crippen molar-refractivity contribution < 1.29 is 19.1 Å². The summed E-state index contributed by atoms with van der Waals surface area (Å²) in [6.07, 6.45) is 2.20. The number of likely N-dealkylation sites (tertiary alicyclic amines) is 1. The van der Waals surface area contributed by atoms with Crippen molar-refractivity contribution in [1.29, 1.82) is 0 Å². The Morgan fingerprint density at radius 2 is 2.00 bits per heavy atom. The number of carbonyl (C=O) groups is 2. The quantitative estimate of drug-likeness (QED) is 0.807. The number of piperidine rings is 1. The Balaban J connectivity index is 1.69. The van der Waals surface area contributed by atoms with Crippen molar-refractivity contribution in [2.75, 3.05) is 51.8 Å². The van der Waals surface area contributed by atoms with Gasteiger partial charge < -0.3 is 19.3 Å². The number of urea groups is 1. The Labute approximate surface area is 154 Å². The van der Waals surface area contributed by atoms with Crippen LogP contribution in [0, 0.1) is 5.92 Å². The van der Waals surface area contributed by atoms with Crippen LogP contribution in [-0.2, 0) is 4.79 Å². The molecule has 2 fully saturated rings. The summed E-state index contributed by atoms with van der Waals surface area (Å²) in [5.74, 6) is 1.83. The van der Waals surface area contributed by atoms with Crippen molar-refractivity contribution in [1.82, 2.24) is 9.80 Å². The first kappa shape index (κ1) is 18.4. The number of rotatable bonds is 5. The van der Waals surface area contributed by atoms with Crippen LogP contribution in [-0.4, -0.2) is 68.7 Å². The number of carbonyl (C=O) groups excluding carboxylic acids is 2. The van der Waals surface area contributed by atoms with Crippen molar-refractivity contribution in [2.24, 2.45) is 5.92 Å². The van der Waals surface area contributed by atoms with Crippen LogP contribution in [0.2, 0.25) is 0 Å². The maximum absolute atomic E-state index is 12.8. The lowest BCUT2D eigenvalue weighted by atomic mass is 10.0. The Morgan fingerprint density at radius 3 is 2.69 bits per heavy atom. The van der Waals surface area contributed by atoms with Crippen molar-refractivity contribution in [3.63, 3.8) is 0 Å². The molecule has 1 aromatic carbocycles. The molecule has 2 heterocycles. The molecular formula is C19H27N3O4. The molecule has 2 saturated heterocycles. The van der Waals surface area contributed by atoms with Gasteiger partial charge in [0.15, 0.2) is 0 Å². The molecule has 0 spiro atoms. The molecule has 142 valence electrons. The lowest BCUT2D eigenvalue weighted by Crippen LogP contribution is -2.45. The van der Waals surface area contributed by atoms with Gasteiger partial charge in [0.2, 0.25) is 5.91 Å². The molecule has 2 aliphatic heterocycles. The summed E-state index contributed by atoms with van der Waals surface area (Å²) in [5.41, 5.74) is 0.665. The van der Waals surface area contributed by atoms with Crippen LogP contribution in [0.3, 0.4) is 0 Å². The Hall–Kier alpha value is -2.44. The van der Waals surface area contributed by atoms with E-state index in [4.69, 9.17) is 9.47 Å². The first-order valence-corrected chi connectivity index (χ1v) is 9.09. The Kier molecular flexibility index (Phi) is 5.54. The van der Waals surface area contributed by atoms with Gasteiger partial charge in [-0.25, -0.2) is 4.79 Å². The summed E-state index contributed by atoms with van der Waals surface area (Å²) in [4.78, 5) is 30.6. The van der Waals surface area contributed by atoms with Crippen LogP contribution in [0.15, 0.2) is 18.2 Å². The number of amides is 3. The molecule has 1 unspecified atom stereocenters. The minimum atomic E-state index is -0.171. The van der Waals surface area contributed by atoms with Gasteiger partial charge in [0.05, 0.1) is 19.9 Å². The fourth-order valence-electron chi connectivity index (χ4n) is 3.64. The first-order chi connectivity index (χ1) is 12.5. The van der Waals surface area contributed by atoms with Gasteiger partial charge in [-0.3, -0.25) is 9.69 Å². The van der Waals surface area contributed by atoms with Crippen LogP contribution in [0.4, 0.5) is 10.5 Å². The second-order valence-electron chi connectivity index (χ2n) is 6.98. The van der Waals surface area contributed by atoms with Crippen LogP contribution < -0.4 is 14.4 Å². The van der Waals surface area contributed by atoms with Gasteiger partial charge in [-0.15, -0.1) is 0 Å². The van der Waals surface area contributed by atoms with Crippen LogP contribution in [0.5, 0.6) is 11.5 Å². The van der Waals surface area contributed by atoms with Crippen molar-refractivity contribution in [3.05, 3.63) is 18.2 Å². The first-order valence-electron chi connectivity index (χ1n) is 9.09. The normalized spacial score (nSPS) is 20.5. The zero-order chi connectivity index (χ0) is 18.7. The highest BCUT2D eigenvalue weighted by Crippen LogP contribution is 2.34. The SMILES string of the molecule is COc1ccc(OC)c(N2CCN(CC(=O)N3CCCC(C)C3)C2=O)c1. The molecule has 7 nitrogen and oxygen atoms in total. The second kappa shape index (κ2) is 7.85. The van der Waals surface area contributed by atoms with Gasteiger partial charge in [-0.2, -0.15) is 0 Å². The molecule has 0 aliphatic carbocycles. The number of nitrogens with zero attached hydrogens (tertiary/aromatic N) is 3. The highest BCUT2D eigenvalue weighted by molar-refractivity contribution is 5.97. The third-order valence-electron chi connectivity index (χ3n) is 5.11. The summed E-state index contributed by atoms with van der Waals surface area (Å²) < 4.78 is 10.6. The smallest absolute Gasteiger partial charge is 0.325 e. The molecule has 3 rings (SSSR count). The number of methoxy groups -OCH3 is 2. The van der Waals surface area contributed by atoms with Gasteiger partial charge in [-0.1, -0.05) is 6.92 Å². The number of hydrogen-bond donors (Lipinski definition) is 0. The second-order valence-corrected chi connectivity index (χ2v) is 6.98. The third-order valence-corrected chi connectivity index (χ3v) is 5.11. The Bertz CT molecular complexity index is 679. The van der Waals surface area contributed by atoms with Gasteiger partial charge in [0.25, 0.3) is 0 Å². The van der Waals surface area contributed by atoms with E-state index >= 15 is 0 Å². The molecule has 0 radical (unpaired) electrons. The van der Waals surface area contributed by atoms with E-state index < -0.39 is 0 Å². The summed E-state index contributed by atoms with van der Waals surface area (Å²) in [7, 11) is 3.16. The molecule has 7 heteroatoms. The topological polar surface area (TPSA) is 62.3 Å². The lowest BCUT2D eigenvalue weighted by Gasteiger charge is -2.32. The minimum Gasteiger partial charge on any atom is -0.497 e. The molecule has 0 saturated carbocycles. The van der Waals surface area contributed by atoms with E-state index in [2.05, 4.69) is 6.92 Å². The predicted octanol–water partition coefficient (Wildman–Crippen LogP) is 2.20. The average molecular weight is 361 g/mol. The number of benzene rings is 1. The van der Waals surface area contributed by atoms with Gasteiger partial charge in [0.1, 0.15) is 18.0 Å². The maximum atomic E-state index is 12.8. The van der Waals surface area contributed by atoms with Gasteiger partial charge in [-0.05, 0) is 30.9 Å². The van der Waals surface area contributed by atoms with E-state index in [0.29, 0.717) is 36.2 Å². The van der Waals surface area contributed by atoms with E-state index in [-0.39, 0.29) is 18.5 Å². The number of ether oxygens (including phenoxy) is 2. The van der Waals surface area contributed by atoms with Crippen molar-refractivity contribution >= 4 is 17.6 Å². The van der Waals surface area contributed by atoms with Gasteiger partial charge >= 0.3 is 6.03 Å². The summed E-state index contributed by atoms with van der Waals surface area (Å²) in [5, 5.41) is 0. The van der Waals surface area contributed by atoms with Gasteiger partial charge in [0, 0.05) is 32.2 Å². The lowest BCUT2D eigenvalue weighted by molar-refractivity contribution is -0.133. The minimum absolute atomic E-state index is 0.0318. The summed E-state index contributed by atoms with van der Waals surface area (Å²) >= 11 is 0. The van der Waals surface area contributed by atoms with Crippen LogP contribution in [0.1, 0.15) is 19.8 Å². The monoisotopic (exact) mass is 361 g/mol. The van der Waals surface area contributed by atoms with E-state index in [0.717, 1.165) is 25.9 Å². The van der Waals surface area contributed by atoms with E-state index in [1.807, 2.05) is 4.90 Å². The van der Waals surface area contributed by atoms with E-state index in [1.54, 1.807) is 42.2 Å². The molecule has 0 aromatic heterocycles. The fourth-order valence-corrected chi connectivity index (χ4v) is 3.64. The van der Waals surface area contributed by atoms with E-state index in [9.17, 15) is 9.59 Å². The number of hydrogen-bond acceptors (Lipinski definition) is 4. The average Bonchev–Trinajstić information content (AvgIpc) is 3.01. The third kappa shape index (κ3) is 3.71. The fraction of sp³-hybridized carbons (Fsp3) is 0.579. The zero-order valence-electron chi connectivity index (χ0n) is 15.7. The van der Waals surface area contributed by atoms with Crippen LogP contribution >= 0.6 is 0 Å². The molecule has 1 atom stereocenters. The predicted molar refractivity (Wildman–Crippen MR) is 98.8 cm³/mol. The Morgan fingerprint density at radius 1 is 1.19 bits per heavy atom. The highest BCUT2D eigenvalue weighted by Gasteiger charge is 2.34. The van der Waals surface area contributed by atoms with Crippen molar-refractivity contribution in [2.45, 2.75) is 19.8 Å². The maximum Gasteiger partial charge on any atom is 0.325 e. The molecule has 2 aliphatic rings. The molecular weight excluding hydrogens is 334 g/mol. The van der Waals surface area contributed by atoms with Crippen molar-refractivity contribution in [3.8, 4) is 11.5 Å². The van der Waals surface area contributed by atoms with Crippen LogP contribution in [0.25, 0.3) is 0 Å². The number of anilines is 1. The molecule has 0 N–H and O–H groups in total. The standard InChI is InChI=1S/C19H27N3O4/c1-14-5-4-8-20(12-14)18(23)13-21-9-10-22(19(21)24)16-11-15(25-2)6-7-17(16)26-3/h6-7,11,14H,4-5,8-10,12-13H2,1-3H3. The molecule has 0 bridgehead atoms.